The second-order valence-electron chi connectivity index (χ2n) is 5.55. The Balaban J connectivity index is 2.01. The molecule has 128 valence electrons. The van der Waals surface area contributed by atoms with Crippen molar-refractivity contribution in [3.8, 4) is 0 Å². The number of amides is 2. The van der Waals surface area contributed by atoms with E-state index in [2.05, 4.69) is 15.6 Å². The highest BCUT2D eigenvalue weighted by Gasteiger charge is 2.18. The van der Waals surface area contributed by atoms with Gasteiger partial charge in [-0.25, -0.2) is 9.78 Å². The Morgan fingerprint density at radius 3 is 2.62 bits per heavy atom. The van der Waals surface area contributed by atoms with Crippen LogP contribution in [-0.2, 0) is 11.3 Å². The summed E-state index contributed by atoms with van der Waals surface area (Å²) in [7, 11) is 0. The highest BCUT2D eigenvalue weighted by molar-refractivity contribution is 5.89. The van der Waals surface area contributed by atoms with Gasteiger partial charge in [0.1, 0.15) is 5.82 Å². The molecular weight excluding hydrogens is 308 g/mol. The van der Waals surface area contributed by atoms with Gasteiger partial charge in [0.2, 0.25) is 0 Å². The van der Waals surface area contributed by atoms with Crippen molar-refractivity contribution in [2.45, 2.75) is 39.3 Å². The number of rotatable bonds is 7. The van der Waals surface area contributed by atoms with Gasteiger partial charge < -0.3 is 20.3 Å². The smallest absolute Gasteiger partial charge is 0.319 e. The number of carboxylic acid groups (broad SMARTS) is 1. The number of aliphatic carboxylic acids is 1. The summed E-state index contributed by atoms with van der Waals surface area (Å²) >= 11 is 0. The summed E-state index contributed by atoms with van der Waals surface area (Å²) in [6.07, 6.45) is 3.99. The molecule has 7 nitrogen and oxygen atoms in total. The predicted octanol–water partition coefficient (Wildman–Crippen LogP) is 2.94. The normalized spacial score (nSPS) is 11.8. The van der Waals surface area contributed by atoms with Crippen LogP contribution in [-0.4, -0.2) is 26.7 Å². The molecule has 2 rings (SSSR count). The van der Waals surface area contributed by atoms with Crippen LogP contribution in [0.5, 0.6) is 0 Å². The molecule has 3 N–H and O–H groups in total. The Bertz CT molecular complexity index is 694. The second-order valence-corrected chi connectivity index (χ2v) is 5.55. The van der Waals surface area contributed by atoms with Crippen LogP contribution in [0.2, 0.25) is 0 Å². The number of aryl methyl sites for hydroxylation is 2. The van der Waals surface area contributed by atoms with E-state index in [1.54, 1.807) is 17.0 Å². The number of carbonyl (C=O) groups is 2. The maximum Gasteiger partial charge on any atom is 0.319 e. The SMILES string of the molecule is CCC(NC(=O)Nc1ccc(C)cc1)c1nccn1CCC(=O)O. The van der Waals surface area contributed by atoms with Crippen molar-refractivity contribution in [1.29, 1.82) is 0 Å². The van der Waals surface area contributed by atoms with Crippen molar-refractivity contribution in [3.05, 3.63) is 48.0 Å². The Morgan fingerprint density at radius 1 is 1.29 bits per heavy atom. The fraction of sp³-hybridized carbons (Fsp3) is 0.353. The molecule has 1 unspecified atom stereocenters. The highest BCUT2D eigenvalue weighted by atomic mass is 16.4. The first-order valence-corrected chi connectivity index (χ1v) is 7.86. The summed E-state index contributed by atoms with van der Waals surface area (Å²) in [5.74, 6) is -0.217. The molecule has 7 heteroatoms. The van der Waals surface area contributed by atoms with Crippen molar-refractivity contribution >= 4 is 17.7 Å². The van der Waals surface area contributed by atoms with Crippen molar-refractivity contribution < 1.29 is 14.7 Å². The average molecular weight is 330 g/mol. The van der Waals surface area contributed by atoms with E-state index in [0.717, 1.165) is 5.56 Å². The van der Waals surface area contributed by atoms with Gasteiger partial charge in [-0.1, -0.05) is 24.6 Å². The number of urea groups is 1. The predicted molar refractivity (Wildman–Crippen MR) is 90.8 cm³/mol. The summed E-state index contributed by atoms with van der Waals surface area (Å²) in [5, 5.41) is 14.5. The summed E-state index contributed by atoms with van der Waals surface area (Å²) in [6, 6.07) is 6.91. The molecule has 0 aliphatic heterocycles. The zero-order valence-electron chi connectivity index (χ0n) is 13.8. The number of nitrogens with zero attached hydrogens (tertiary/aromatic N) is 2. The second kappa shape index (κ2) is 8.14. The first-order chi connectivity index (χ1) is 11.5. The van der Waals surface area contributed by atoms with E-state index in [4.69, 9.17) is 5.11 Å². The molecule has 0 radical (unpaired) electrons. The minimum atomic E-state index is -0.868. The molecule has 0 aliphatic carbocycles. The standard InChI is InChI=1S/C17H22N4O3/c1-3-14(16-18-9-11-21(16)10-8-15(22)23)20-17(24)19-13-6-4-12(2)5-7-13/h4-7,9,11,14H,3,8,10H2,1-2H3,(H,22,23)(H2,19,20,24). The third-order valence-electron chi connectivity index (χ3n) is 3.65. The Morgan fingerprint density at radius 2 is 2.00 bits per heavy atom. The molecule has 0 saturated heterocycles. The van der Waals surface area contributed by atoms with Gasteiger partial charge in [-0.2, -0.15) is 0 Å². The van der Waals surface area contributed by atoms with E-state index in [1.807, 2.05) is 38.1 Å². The molecule has 1 aromatic heterocycles. The van der Waals surface area contributed by atoms with E-state index in [0.29, 0.717) is 24.5 Å². The Kier molecular flexibility index (Phi) is 5.95. The van der Waals surface area contributed by atoms with Crippen LogP contribution in [0.3, 0.4) is 0 Å². The fourth-order valence-electron chi connectivity index (χ4n) is 2.35. The highest BCUT2D eigenvalue weighted by Crippen LogP contribution is 2.16. The third kappa shape index (κ3) is 4.84. The number of imidazole rings is 1. The molecular formula is C17H22N4O3. The molecule has 1 atom stereocenters. The van der Waals surface area contributed by atoms with E-state index in [1.165, 1.54) is 0 Å². The molecule has 1 aromatic carbocycles. The van der Waals surface area contributed by atoms with Crippen molar-refractivity contribution in [2.24, 2.45) is 0 Å². The quantitative estimate of drug-likeness (QED) is 0.727. The van der Waals surface area contributed by atoms with Gasteiger partial charge in [-0.3, -0.25) is 4.79 Å². The molecule has 1 heterocycles. The first kappa shape index (κ1) is 17.5. The third-order valence-corrected chi connectivity index (χ3v) is 3.65. The van der Waals surface area contributed by atoms with Crippen molar-refractivity contribution in [3.63, 3.8) is 0 Å². The molecule has 0 fully saturated rings. The van der Waals surface area contributed by atoms with Crippen LogP contribution >= 0.6 is 0 Å². The number of hydrogen-bond acceptors (Lipinski definition) is 3. The molecule has 0 aliphatic rings. The molecule has 0 saturated carbocycles. The topological polar surface area (TPSA) is 96.3 Å². The minimum absolute atomic E-state index is 0.00928. The molecule has 2 aromatic rings. The van der Waals surface area contributed by atoms with Gasteiger partial charge in [-0.05, 0) is 25.5 Å². The summed E-state index contributed by atoms with van der Waals surface area (Å²) in [4.78, 5) is 27.2. The number of nitrogens with one attached hydrogen (secondary N) is 2. The molecule has 0 bridgehead atoms. The first-order valence-electron chi connectivity index (χ1n) is 7.86. The zero-order chi connectivity index (χ0) is 17.5. The van der Waals surface area contributed by atoms with Gasteiger partial charge in [0.25, 0.3) is 0 Å². The van der Waals surface area contributed by atoms with Crippen LogP contribution in [0.25, 0.3) is 0 Å². The average Bonchev–Trinajstić information content (AvgIpc) is 3.01. The van der Waals surface area contributed by atoms with Crippen LogP contribution in [0.15, 0.2) is 36.7 Å². The van der Waals surface area contributed by atoms with Gasteiger partial charge in [0.15, 0.2) is 0 Å². The van der Waals surface area contributed by atoms with Crippen LogP contribution < -0.4 is 10.6 Å². The maximum atomic E-state index is 12.2. The number of hydrogen-bond donors (Lipinski definition) is 3. The lowest BCUT2D eigenvalue weighted by atomic mass is 10.2. The van der Waals surface area contributed by atoms with Crippen LogP contribution in [0, 0.1) is 6.92 Å². The number of aromatic nitrogens is 2. The van der Waals surface area contributed by atoms with Crippen molar-refractivity contribution in [1.82, 2.24) is 14.9 Å². The summed E-state index contributed by atoms with van der Waals surface area (Å²) in [6.45, 7) is 4.24. The lowest BCUT2D eigenvalue weighted by Gasteiger charge is -2.18. The van der Waals surface area contributed by atoms with Crippen LogP contribution in [0.4, 0.5) is 10.5 Å². The number of carbonyl (C=O) groups excluding carboxylic acids is 1. The van der Waals surface area contributed by atoms with E-state index in [9.17, 15) is 9.59 Å². The van der Waals surface area contributed by atoms with E-state index >= 15 is 0 Å². The lowest BCUT2D eigenvalue weighted by molar-refractivity contribution is -0.137. The lowest BCUT2D eigenvalue weighted by Crippen LogP contribution is -2.33. The van der Waals surface area contributed by atoms with E-state index in [-0.39, 0.29) is 18.5 Å². The minimum Gasteiger partial charge on any atom is -0.481 e. The fourth-order valence-corrected chi connectivity index (χ4v) is 2.35. The van der Waals surface area contributed by atoms with Crippen LogP contribution in [0.1, 0.15) is 37.2 Å². The number of anilines is 1. The Hall–Kier alpha value is -2.83. The van der Waals surface area contributed by atoms with Crippen molar-refractivity contribution in [2.75, 3.05) is 5.32 Å². The summed E-state index contributed by atoms with van der Waals surface area (Å²) in [5.41, 5.74) is 1.83. The van der Waals surface area contributed by atoms with Gasteiger partial charge in [-0.15, -0.1) is 0 Å². The maximum absolute atomic E-state index is 12.2. The number of carboxylic acids is 1. The zero-order valence-corrected chi connectivity index (χ0v) is 13.8. The van der Waals surface area contributed by atoms with Gasteiger partial charge >= 0.3 is 12.0 Å². The van der Waals surface area contributed by atoms with E-state index < -0.39 is 5.97 Å². The number of benzene rings is 1. The molecule has 0 spiro atoms. The summed E-state index contributed by atoms with van der Waals surface area (Å²) < 4.78 is 1.76. The molecule has 24 heavy (non-hydrogen) atoms. The Labute approximate surface area is 140 Å². The van der Waals surface area contributed by atoms with Gasteiger partial charge in [0, 0.05) is 24.6 Å². The largest absolute Gasteiger partial charge is 0.481 e. The molecule has 2 amide bonds. The van der Waals surface area contributed by atoms with Gasteiger partial charge in [0.05, 0.1) is 12.5 Å². The monoisotopic (exact) mass is 330 g/mol.